The molecule has 0 spiro atoms. The van der Waals surface area contributed by atoms with Gasteiger partial charge in [-0.15, -0.1) is 0 Å². The SMILES string of the molecule is O=C1C(=CO)C(=O)N(Cc2ccccc2)N1Cc1ccccc1. The van der Waals surface area contributed by atoms with E-state index in [1.807, 2.05) is 60.7 Å². The van der Waals surface area contributed by atoms with Crippen LogP contribution in [-0.4, -0.2) is 26.9 Å². The van der Waals surface area contributed by atoms with Crippen molar-refractivity contribution in [1.29, 1.82) is 0 Å². The molecular formula is C18H16N2O3. The number of hydrogen-bond acceptors (Lipinski definition) is 3. The highest BCUT2D eigenvalue weighted by Crippen LogP contribution is 2.23. The van der Waals surface area contributed by atoms with Gasteiger partial charge in [0, 0.05) is 0 Å². The average Bonchev–Trinajstić information content (AvgIpc) is 2.80. The van der Waals surface area contributed by atoms with E-state index in [9.17, 15) is 14.7 Å². The lowest BCUT2D eigenvalue weighted by Gasteiger charge is -2.27. The third kappa shape index (κ3) is 2.94. The molecule has 1 heterocycles. The fraction of sp³-hybridized carbons (Fsp3) is 0.111. The Morgan fingerprint density at radius 3 is 1.48 bits per heavy atom. The molecule has 116 valence electrons. The first-order valence-corrected chi connectivity index (χ1v) is 7.26. The minimum Gasteiger partial charge on any atom is -0.515 e. The zero-order chi connectivity index (χ0) is 16.2. The van der Waals surface area contributed by atoms with Gasteiger partial charge in [0.1, 0.15) is 5.57 Å². The molecule has 1 N–H and O–H groups in total. The quantitative estimate of drug-likeness (QED) is 0.536. The van der Waals surface area contributed by atoms with E-state index in [1.54, 1.807) is 0 Å². The summed E-state index contributed by atoms with van der Waals surface area (Å²) in [6, 6.07) is 18.8. The first-order chi connectivity index (χ1) is 11.2. The maximum absolute atomic E-state index is 12.4. The third-order valence-electron chi connectivity index (χ3n) is 3.70. The zero-order valence-electron chi connectivity index (χ0n) is 12.4. The van der Waals surface area contributed by atoms with E-state index in [0.29, 0.717) is 6.26 Å². The van der Waals surface area contributed by atoms with Crippen LogP contribution in [0.5, 0.6) is 0 Å². The largest absolute Gasteiger partial charge is 0.515 e. The summed E-state index contributed by atoms with van der Waals surface area (Å²) in [4.78, 5) is 24.8. The Morgan fingerprint density at radius 1 is 0.739 bits per heavy atom. The van der Waals surface area contributed by atoms with Crippen molar-refractivity contribution in [2.75, 3.05) is 0 Å². The predicted octanol–water partition coefficient (Wildman–Crippen LogP) is 2.41. The molecule has 0 unspecified atom stereocenters. The molecule has 1 aliphatic rings. The van der Waals surface area contributed by atoms with Gasteiger partial charge in [0.05, 0.1) is 19.4 Å². The number of aliphatic hydroxyl groups excluding tert-OH is 1. The second kappa shape index (κ2) is 6.36. The average molecular weight is 308 g/mol. The van der Waals surface area contributed by atoms with Crippen molar-refractivity contribution in [2.24, 2.45) is 0 Å². The van der Waals surface area contributed by atoms with Crippen molar-refractivity contribution >= 4 is 11.8 Å². The van der Waals surface area contributed by atoms with Crippen molar-refractivity contribution in [3.05, 3.63) is 83.6 Å². The topological polar surface area (TPSA) is 60.9 Å². The molecule has 5 heteroatoms. The van der Waals surface area contributed by atoms with E-state index >= 15 is 0 Å². The van der Waals surface area contributed by atoms with Gasteiger partial charge in [0.2, 0.25) is 0 Å². The van der Waals surface area contributed by atoms with Gasteiger partial charge >= 0.3 is 0 Å². The number of hydrogen-bond donors (Lipinski definition) is 1. The molecule has 0 radical (unpaired) electrons. The van der Waals surface area contributed by atoms with Gasteiger partial charge in [-0.25, -0.2) is 10.0 Å². The highest BCUT2D eigenvalue weighted by atomic mass is 16.2. The van der Waals surface area contributed by atoms with Crippen LogP contribution in [0.2, 0.25) is 0 Å². The van der Waals surface area contributed by atoms with Crippen molar-refractivity contribution in [3.63, 3.8) is 0 Å². The molecule has 0 aromatic heterocycles. The zero-order valence-corrected chi connectivity index (χ0v) is 12.4. The minimum absolute atomic E-state index is 0.211. The molecule has 2 amide bonds. The molecule has 2 aromatic carbocycles. The summed E-state index contributed by atoms with van der Waals surface area (Å²) in [7, 11) is 0. The van der Waals surface area contributed by atoms with Gasteiger partial charge in [-0.1, -0.05) is 60.7 Å². The van der Waals surface area contributed by atoms with Crippen molar-refractivity contribution in [2.45, 2.75) is 13.1 Å². The number of benzene rings is 2. The van der Waals surface area contributed by atoms with E-state index in [0.717, 1.165) is 11.1 Å². The van der Waals surface area contributed by atoms with E-state index in [4.69, 9.17) is 0 Å². The predicted molar refractivity (Wildman–Crippen MR) is 84.7 cm³/mol. The van der Waals surface area contributed by atoms with Crippen LogP contribution in [0, 0.1) is 0 Å². The molecule has 23 heavy (non-hydrogen) atoms. The van der Waals surface area contributed by atoms with Crippen LogP contribution in [0.15, 0.2) is 72.5 Å². The van der Waals surface area contributed by atoms with Gasteiger partial charge in [-0.2, -0.15) is 0 Å². The van der Waals surface area contributed by atoms with E-state index in [1.165, 1.54) is 10.0 Å². The van der Waals surface area contributed by atoms with Crippen molar-refractivity contribution < 1.29 is 14.7 Å². The number of amides is 2. The molecule has 0 aliphatic carbocycles. The number of carbonyl (C=O) groups is 2. The number of carbonyl (C=O) groups excluding carboxylic acids is 2. The lowest BCUT2D eigenvalue weighted by molar-refractivity contribution is -0.149. The molecule has 2 aromatic rings. The number of rotatable bonds is 4. The fourth-order valence-corrected chi connectivity index (χ4v) is 2.53. The Hall–Kier alpha value is -3.08. The molecule has 5 nitrogen and oxygen atoms in total. The van der Waals surface area contributed by atoms with Gasteiger partial charge < -0.3 is 5.11 Å². The highest BCUT2D eigenvalue weighted by Gasteiger charge is 2.41. The van der Waals surface area contributed by atoms with E-state index in [-0.39, 0.29) is 18.7 Å². The van der Waals surface area contributed by atoms with Crippen LogP contribution < -0.4 is 0 Å². The number of aliphatic hydroxyl groups is 1. The Bertz CT molecular complexity index is 680. The first-order valence-electron chi connectivity index (χ1n) is 7.26. The van der Waals surface area contributed by atoms with Gasteiger partial charge in [0.15, 0.2) is 0 Å². The summed E-state index contributed by atoms with van der Waals surface area (Å²) >= 11 is 0. The van der Waals surface area contributed by atoms with E-state index in [2.05, 4.69) is 0 Å². The second-order valence-electron chi connectivity index (χ2n) is 5.24. The monoisotopic (exact) mass is 308 g/mol. The lowest BCUT2D eigenvalue weighted by Crippen LogP contribution is -2.39. The summed E-state index contributed by atoms with van der Waals surface area (Å²) in [5.41, 5.74) is 1.61. The Balaban J connectivity index is 1.89. The molecule has 0 atom stereocenters. The van der Waals surface area contributed by atoms with E-state index < -0.39 is 11.8 Å². The van der Waals surface area contributed by atoms with Crippen LogP contribution in [0.1, 0.15) is 11.1 Å². The molecule has 1 saturated heterocycles. The molecule has 1 fully saturated rings. The molecule has 1 aliphatic heterocycles. The van der Waals surface area contributed by atoms with Crippen LogP contribution in [0.4, 0.5) is 0 Å². The third-order valence-corrected chi connectivity index (χ3v) is 3.70. The molecule has 3 rings (SSSR count). The second-order valence-corrected chi connectivity index (χ2v) is 5.24. The maximum Gasteiger partial charge on any atom is 0.281 e. The Kier molecular flexibility index (Phi) is 4.10. The Labute approximate surface area is 134 Å². The van der Waals surface area contributed by atoms with Crippen LogP contribution in [0.25, 0.3) is 0 Å². The summed E-state index contributed by atoms with van der Waals surface area (Å²) in [5, 5.41) is 12.0. The summed E-state index contributed by atoms with van der Waals surface area (Å²) in [5.74, 6) is -0.977. The van der Waals surface area contributed by atoms with Crippen LogP contribution >= 0.6 is 0 Å². The molecule has 0 saturated carbocycles. The van der Waals surface area contributed by atoms with Gasteiger partial charge in [0.25, 0.3) is 11.8 Å². The number of nitrogens with zero attached hydrogens (tertiary/aromatic N) is 2. The van der Waals surface area contributed by atoms with Gasteiger partial charge in [-0.05, 0) is 11.1 Å². The van der Waals surface area contributed by atoms with Crippen LogP contribution in [0.3, 0.4) is 0 Å². The van der Waals surface area contributed by atoms with Crippen molar-refractivity contribution in [3.8, 4) is 0 Å². The summed E-state index contributed by atoms with van der Waals surface area (Å²) in [6.07, 6.45) is 0.591. The number of hydrazine groups is 1. The lowest BCUT2D eigenvalue weighted by atomic mass is 10.2. The highest BCUT2D eigenvalue weighted by molar-refractivity contribution is 6.22. The smallest absolute Gasteiger partial charge is 0.281 e. The summed E-state index contributed by atoms with van der Waals surface area (Å²) < 4.78 is 0. The Morgan fingerprint density at radius 2 is 1.13 bits per heavy atom. The summed E-state index contributed by atoms with van der Waals surface area (Å²) in [6.45, 7) is 0.547. The fourth-order valence-electron chi connectivity index (χ4n) is 2.53. The molecule has 0 bridgehead atoms. The van der Waals surface area contributed by atoms with Gasteiger partial charge in [-0.3, -0.25) is 9.59 Å². The van der Waals surface area contributed by atoms with Crippen LogP contribution in [-0.2, 0) is 22.7 Å². The normalized spacial score (nSPS) is 14.5. The minimum atomic E-state index is -0.489. The maximum atomic E-state index is 12.4. The first kappa shape index (κ1) is 14.8. The standard InChI is InChI=1S/C18H16N2O3/c21-13-16-17(22)19(11-14-7-3-1-4-8-14)20(18(16)23)12-15-9-5-2-6-10-15/h1-10,13,21H,11-12H2. The molecular weight excluding hydrogens is 292 g/mol. The van der Waals surface area contributed by atoms with Crippen molar-refractivity contribution in [1.82, 2.24) is 10.0 Å².